The SMILES string of the molecule is COc1ccc2c(c1)[C@](C)(CC(=O)Sc1ccccc1)C(=O)N2C. The van der Waals surface area contributed by atoms with E-state index in [-0.39, 0.29) is 17.4 Å². The Morgan fingerprint density at radius 1 is 1.21 bits per heavy atom. The Morgan fingerprint density at radius 2 is 1.92 bits per heavy atom. The molecule has 1 aliphatic rings. The maximum atomic E-state index is 12.8. The molecule has 124 valence electrons. The quantitative estimate of drug-likeness (QED) is 0.797. The first kappa shape index (κ1) is 16.6. The summed E-state index contributed by atoms with van der Waals surface area (Å²) in [6.45, 7) is 1.83. The van der Waals surface area contributed by atoms with Gasteiger partial charge in [0, 0.05) is 24.1 Å². The van der Waals surface area contributed by atoms with Gasteiger partial charge in [-0.05, 0) is 42.8 Å². The first-order valence-electron chi connectivity index (χ1n) is 7.68. The number of fused-ring (bicyclic) bond motifs is 1. The highest BCUT2D eigenvalue weighted by atomic mass is 32.2. The van der Waals surface area contributed by atoms with Gasteiger partial charge in [0.25, 0.3) is 0 Å². The lowest BCUT2D eigenvalue weighted by molar-refractivity contribution is -0.125. The number of carbonyl (C=O) groups excluding carboxylic acids is 2. The van der Waals surface area contributed by atoms with Crippen LogP contribution in [0, 0.1) is 0 Å². The van der Waals surface area contributed by atoms with Gasteiger partial charge in [0.2, 0.25) is 5.91 Å². The van der Waals surface area contributed by atoms with E-state index in [2.05, 4.69) is 0 Å². The van der Waals surface area contributed by atoms with E-state index < -0.39 is 5.41 Å². The Morgan fingerprint density at radius 3 is 2.58 bits per heavy atom. The number of rotatable bonds is 4. The molecule has 2 aromatic rings. The lowest BCUT2D eigenvalue weighted by atomic mass is 9.81. The normalized spacial score (nSPS) is 19.3. The van der Waals surface area contributed by atoms with E-state index in [4.69, 9.17) is 4.74 Å². The Kier molecular flexibility index (Phi) is 4.37. The van der Waals surface area contributed by atoms with Crippen LogP contribution in [-0.2, 0) is 15.0 Å². The van der Waals surface area contributed by atoms with Crippen LogP contribution in [0.25, 0.3) is 0 Å². The van der Waals surface area contributed by atoms with Crippen LogP contribution in [0.2, 0.25) is 0 Å². The molecule has 1 atom stereocenters. The molecule has 0 unspecified atom stereocenters. The number of carbonyl (C=O) groups is 2. The van der Waals surface area contributed by atoms with Gasteiger partial charge in [0.1, 0.15) is 5.75 Å². The molecule has 1 aliphatic heterocycles. The van der Waals surface area contributed by atoms with E-state index in [1.165, 1.54) is 11.8 Å². The highest BCUT2D eigenvalue weighted by Crippen LogP contribution is 2.45. The van der Waals surface area contributed by atoms with Gasteiger partial charge in [0.15, 0.2) is 5.12 Å². The highest BCUT2D eigenvalue weighted by molar-refractivity contribution is 8.13. The molecule has 1 heterocycles. The van der Waals surface area contributed by atoms with Crippen molar-refractivity contribution in [3.8, 4) is 5.75 Å². The van der Waals surface area contributed by atoms with Crippen LogP contribution < -0.4 is 9.64 Å². The standard InChI is InChI=1S/C19H19NO3S/c1-19(12-17(21)24-14-7-5-4-6-8-14)15-11-13(23-3)9-10-16(15)20(2)18(19)22/h4-11H,12H2,1-3H3/t19-/m0/s1. The fourth-order valence-corrected chi connectivity index (χ4v) is 4.00. The number of amides is 1. The zero-order valence-corrected chi connectivity index (χ0v) is 14.7. The van der Waals surface area contributed by atoms with Crippen molar-refractivity contribution in [1.82, 2.24) is 0 Å². The molecule has 0 aliphatic carbocycles. The molecule has 0 radical (unpaired) electrons. The Labute approximate surface area is 145 Å². The van der Waals surface area contributed by atoms with E-state index in [9.17, 15) is 9.59 Å². The average molecular weight is 341 g/mol. The van der Waals surface area contributed by atoms with Gasteiger partial charge in [-0.25, -0.2) is 0 Å². The van der Waals surface area contributed by atoms with E-state index in [1.807, 2.05) is 55.5 Å². The van der Waals surface area contributed by atoms with Gasteiger partial charge in [-0.15, -0.1) is 0 Å². The van der Waals surface area contributed by atoms with Gasteiger partial charge in [0.05, 0.1) is 12.5 Å². The Balaban J connectivity index is 1.89. The molecule has 24 heavy (non-hydrogen) atoms. The van der Waals surface area contributed by atoms with Crippen LogP contribution in [0.15, 0.2) is 53.4 Å². The molecular weight excluding hydrogens is 322 g/mol. The first-order chi connectivity index (χ1) is 11.5. The summed E-state index contributed by atoms with van der Waals surface area (Å²) < 4.78 is 5.28. The summed E-state index contributed by atoms with van der Waals surface area (Å²) in [4.78, 5) is 27.9. The lowest BCUT2D eigenvalue weighted by Crippen LogP contribution is -2.37. The summed E-state index contributed by atoms with van der Waals surface area (Å²) in [5.41, 5.74) is 0.814. The minimum atomic E-state index is -0.864. The van der Waals surface area contributed by atoms with Crippen molar-refractivity contribution >= 4 is 28.5 Å². The van der Waals surface area contributed by atoms with Crippen molar-refractivity contribution < 1.29 is 14.3 Å². The fourth-order valence-electron chi connectivity index (χ4n) is 3.09. The molecule has 3 rings (SSSR count). The van der Waals surface area contributed by atoms with E-state index in [1.54, 1.807) is 19.1 Å². The maximum absolute atomic E-state index is 12.8. The number of hydrogen-bond donors (Lipinski definition) is 0. The van der Waals surface area contributed by atoms with Gasteiger partial charge >= 0.3 is 0 Å². The number of nitrogens with zero attached hydrogens (tertiary/aromatic N) is 1. The summed E-state index contributed by atoms with van der Waals surface area (Å²) >= 11 is 1.18. The smallest absolute Gasteiger partial charge is 0.237 e. The predicted octanol–water partition coefficient (Wildman–Crippen LogP) is 3.64. The molecule has 0 spiro atoms. The third kappa shape index (κ3) is 2.80. The van der Waals surface area contributed by atoms with Crippen molar-refractivity contribution in [3.63, 3.8) is 0 Å². The maximum Gasteiger partial charge on any atom is 0.237 e. The molecule has 4 nitrogen and oxygen atoms in total. The summed E-state index contributed by atoms with van der Waals surface area (Å²) in [6.07, 6.45) is 0.149. The van der Waals surface area contributed by atoms with Crippen molar-refractivity contribution in [2.45, 2.75) is 23.7 Å². The molecule has 0 saturated heterocycles. The summed E-state index contributed by atoms with van der Waals surface area (Å²) in [5.74, 6) is 0.624. The molecular formula is C19H19NO3S. The summed E-state index contributed by atoms with van der Waals surface area (Å²) in [6, 6.07) is 15.0. The van der Waals surface area contributed by atoms with Crippen LogP contribution in [0.1, 0.15) is 18.9 Å². The third-order valence-electron chi connectivity index (χ3n) is 4.41. The van der Waals surface area contributed by atoms with Crippen molar-refractivity contribution in [2.24, 2.45) is 0 Å². The molecule has 5 heteroatoms. The number of likely N-dealkylation sites (N-methyl/N-ethyl adjacent to an activating group) is 1. The van der Waals surface area contributed by atoms with Crippen LogP contribution in [-0.4, -0.2) is 25.2 Å². The monoisotopic (exact) mass is 341 g/mol. The predicted molar refractivity (Wildman–Crippen MR) is 95.7 cm³/mol. The number of ether oxygens (including phenoxy) is 1. The number of hydrogen-bond acceptors (Lipinski definition) is 4. The average Bonchev–Trinajstić information content (AvgIpc) is 2.77. The van der Waals surface area contributed by atoms with Gasteiger partial charge in [-0.3, -0.25) is 9.59 Å². The molecule has 0 fully saturated rings. The topological polar surface area (TPSA) is 46.6 Å². The minimum absolute atomic E-state index is 0.0267. The van der Waals surface area contributed by atoms with Gasteiger partial charge in [-0.1, -0.05) is 30.0 Å². The lowest BCUT2D eigenvalue weighted by Gasteiger charge is -2.22. The largest absolute Gasteiger partial charge is 0.497 e. The number of anilines is 1. The summed E-state index contributed by atoms with van der Waals surface area (Å²) in [5, 5.41) is -0.0267. The van der Waals surface area contributed by atoms with Crippen molar-refractivity contribution in [3.05, 3.63) is 54.1 Å². The van der Waals surface area contributed by atoms with Crippen molar-refractivity contribution in [1.29, 1.82) is 0 Å². The number of thioether (sulfide) groups is 1. The van der Waals surface area contributed by atoms with E-state index in [0.717, 1.165) is 16.1 Å². The Bertz CT molecular complexity index is 790. The number of methoxy groups -OCH3 is 1. The second-order valence-electron chi connectivity index (χ2n) is 6.04. The van der Waals surface area contributed by atoms with E-state index in [0.29, 0.717) is 5.75 Å². The fraction of sp³-hybridized carbons (Fsp3) is 0.263. The molecule has 0 aromatic heterocycles. The summed E-state index contributed by atoms with van der Waals surface area (Å²) in [7, 11) is 3.34. The van der Waals surface area contributed by atoms with Crippen molar-refractivity contribution in [2.75, 3.05) is 19.1 Å². The first-order valence-corrected chi connectivity index (χ1v) is 8.50. The van der Waals surface area contributed by atoms with Crippen LogP contribution >= 0.6 is 11.8 Å². The number of benzene rings is 2. The molecule has 0 saturated carbocycles. The molecule has 2 aromatic carbocycles. The molecule has 0 bridgehead atoms. The van der Waals surface area contributed by atoms with Gasteiger partial charge < -0.3 is 9.64 Å². The van der Waals surface area contributed by atoms with E-state index >= 15 is 0 Å². The highest BCUT2D eigenvalue weighted by Gasteiger charge is 2.47. The second-order valence-corrected chi connectivity index (χ2v) is 7.17. The zero-order valence-electron chi connectivity index (χ0n) is 13.9. The second kappa shape index (κ2) is 6.32. The van der Waals surface area contributed by atoms with Gasteiger partial charge in [-0.2, -0.15) is 0 Å². The van der Waals surface area contributed by atoms with Crippen LogP contribution in [0.3, 0.4) is 0 Å². The molecule has 0 N–H and O–H groups in total. The van der Waals surface area contributed by atoms with Crippen LogP contribution in [0.4, 0.5) is 5.69 Å². The zero-order chi connectivity index (χ0) is 17.3. The van der Waals surface area contributed by atoms with Crippen LogP contribution in [0.5, 0.6) is 5.75 Å². The third-order valence-corrected chi connectivity index (χ3v) is 5.29. The Hall–Kier alpha value is -2.27. The minimum Gasteiger partial charge on any atom is -0.497 e. The molecule has 1 amide bonds.